The summed E-state index contributed by atoms with van der Waals surface area (Å²) < 4.78 is 3.18. The molecule has 2 aromatic carbocycles. The first-order valence-electron chi connectivity index (χ1n) is 8.95. The maximum Gasteiger partial charge on any atom is 0.261 e. The smallest absolute Gasteiger partial charge is 0.261 e. The average molecular weight is 373 g/mol. The van der Waals surface area contributed by atoms with Crippen LogP contribution in [0.1, 0.15) is 11.1 Å². The largest absolute Gasteiger partial charge is 0.350 e. The summed E-state index contributed by atoms with van der Waals surface area (Å²) >= 11 is 0. The Morgan fingerprint density at radius 3 is 2.57 bits per heavy atom. The number of fused-ring (bicyclic) bond motifs is 1. The fourth-order valence-corrected chi connectivity index (χ4v) is 2.97. The first kappa shape index (κ1) is 17.7. The molecule has 0 unspecified atom stereocenters. The van der Waals surface area contributed by atoms with Gasteiger partial charge in [0.1, 0.15) is 6.54 Å². The second-order valence-corrected chi connectivity index (χ2v) is 6.49. The molecule has 0 saturated heterocycles. The number of hydrogen-bond acceptors (Lipinski definition) is 4. The zero-order valence-corrected chi connectivity index (χ0v) is 15.2. The molecule has 4 rings (SSSR count). The Labute approximate surface area is 161 Å². The van der Waals surface area contributed by atoms with Gasteiger partial charge in [0.2, 0.25) is 5.91 Å². The van der Waals surface area contributed by atoms with Crippen LogP contribution in [-0.4, -0.2) is 25.2 Å². The molecule has 0 aliphatic carbocycles. The van der Waals surface area contributed by atoms with Crippen molar-refractivity contribution in [3.8, 4) is 0 Å². The van der Waals surface area contributed by atoms with Gasteiger partial charge < -0.3 is 5.32 Å². The standard InChI is InChI=1S/C21H19N5O2/c27-20(14-25-15-23-19-5-2-1-4-18(19)21(25)28)22-12-16-6-8-17(9-7-16)13-26-11-3-10-24-26/h1-11,15H,12-14H2,(H,22,27). The van der Waals surface area contributed by atoms with Crippen molar-refractivity contribution in [1.29, 1.82) is 0 Å². The molecule has 2 aromatic heterocycles. The quantitative estimate of drug-likeness (QED) is 0.560. The molecule has 0 fully saturated rings. The van der Waals surface area contributed by atoms with E-state index in [1.807, 2.05) is 47.3 Å². The summed E-state index contributed by atoms with van der Waals surface area (Å²) in [6.45, 7) is 1.04. The molecule has 7 heteroatoms. The van der Waals surface area contributed by atoms with Crippen LogP contribution in [0.4, 0.5) is 0 Å². The van der Waals surface area contributed by atoms with Gasteiger partial charge in [-0.05, 0) is 29.3 Å². The minimum Gasteiger partial charge on any atom is -0.350 e. The van der Waals surface area contributed by atoms with Crippen molar-refractivity contribution in [2.75, 3.05) is 0 Å². The molecule has 0 aliphatic heterocycles. The van der Waals surface area contributed by atoms with Crippen molar-refractivity contribution in [1.82, 2.24) is 24.6 Å². The number of carbonyl (C=O) groups excluding carboxylic acids is 1. The Morgan fingerprint density at radius 2 is 1.79 bits per heavy atom. The molecule has 4 aromatic rings. The second-order valence-electron chi connectivity index (χ2n) is 6.49. The SMILES string of the molecule is O=C(Cn1cnc2ccccc2c1=O)NCc1ccc(Cn2cccn2)cc1. The molecule has 1 amide bonds. The molecule has 28 heavy (non-hydrogen) atoms. The highest BCUT2D eigenvalue weighted by Crippen LogP contribution is 2.07. The number of nitrogens with one attached hydrogen (secondary N) is 1. The number of para-hydroxylation sites is 1. The van der Waals surface area contributed by atoms with Gasteiger partial charge >= 0.3 is 0 Å². The Morgan fingerprint density at radius 1 is 1.00 bits per heavy atom. The summed E-state index contributed by atoms with van der Waals surface area (Å²) in [7, 11) is 0. The highest BCUT2D eigenvalue weighted by atomic mass is 16.2. The third-order valence-electron chi connectivity index (χ3n) is 4.46. The Kier molecular flexibility index (Phi) is 4.97. The molecular formula is C21H19N5O2. The molecule has 1 N–H and O–H groups in total. The van der Waals surface area contributed by atoms with Crippen molar-refractivity contribution in [2.45, 2.75) is 19.6 Å². The molecular weight excluding hydrogens is 354 g/mol. The van der Waals surface area contributed by atoms with Gasteiger partial charge in [-0.15, -0.1) is 0 Å². The van der Waals surface area contributed by atoms with E-state index in [-0.39, 0.29) is 18.0 Å². The molecule has 0 atom stereocenters. The summed E-state index contributed by atoms with van der Waals surface area (Å²) in [5.41, 5.74) is 2.53. The lowest BCUT2D eigenvalue weighted by Gasteiger charge is -2.09. The van der Waals surface area contributed by atoms with E-state index in [1.54, 1.807) is 24.4 Å². The summed E-state index contributed by atoms with van der Waals surface area (Å²) in [6, 6.07) is 17.0. The van der Waals surface area contributed by atoms with Gasteiger partial charge in [0.25, 0.3) is 5.56 Å². The van der Waals surface area contributed by atoms with Crippen molar-refractivity contribution >= 4 is 16.8 Å². The fourth-order valence-electron chi connectivity index (χ4n) is 2.97. The highest BCUT2D eigenvalue weighted by Gasteiger charge is 2.08. The van der Waals surface area contributed by atoms with Crippen LogP contribution in [-0.2, 0) is 24.4 Å². The van der Waals surface area contributed by atoms with Crippen LogP contribution in [0.15, 0.2) is 78.1 Å². The van der Waals surface area contributed by atoms with Crippen LogP contribution in [0.3, 0.4) is 0 Å². The van der Waals surface area contributed by atoms with E-state index >= 15 is 0 Å². The summed E-state index contributed by atoms with van der Waals surface area (Å²) in [5.74, 6) is -0.236. The van der Waals surface area contributed by atoms with Crippen LogP contribution in [0.25, 0.3) is 10.9 Å². The van der Waals surface area contributed by atoms with E-state index in [0.717, 1.165) is 11.1 Å². The molecule has 0 spiro atoms. The van der Waals surface area contributed by atoms with Crippen LogP contribution in [0.2, 0.25) is 0 Å². The third kappa shape index (κ3) is 3.98. The second kappa shape index (κ2) is 7.87. The first-order valence-corrected chi connectivity index (χ1v) is 8.95. The van der Waals surface area contributed by atoms with Crippen LogP contribution in [0, 0.1) is 0 Å². The van der Waals surface area contributed by atoms with E-state index in [9.17, 15) is 9.59 Å². The lowest BCUT2D eigenvalue weighted by atomic mass is 10.1. The normalized spacial score (nSPS) is 10.9. The maximum atomic E-state index is 12.4. The van der Waals surface area contributed by atoms with E-state index in [4.69, 9.17) is 0 Å². The van der Waals surface area contributed by atoms with Gasteiger partial charge in [-0.3, -0.25) is 18.8 Å². The molecule has 0 bridgehead atoms. The van der Waals surface area contributed by atoms with Crippen molar-refractivity contribution in [3.63, 3.8) is 0 Å². The van der Waals surface area contributed by atoms with Crippen molar-refractivity contribution < 1.29 is 4.79 Å². The maximum absolute atomic E-state index is 12.4. The zero-order chi connectivity index (χ0) is 19.3. The topological polar surface area (TPSA) is 81.8 Å². The van der Waals surface area contributed by atoms with Gasteiger partial charge in [0.05, 0.1) is 23.8 Å². The highest BCUT2D eigenvalue weighted by molar-refractivity contribution is 5.78. The van der Waals surface area contributed by atoms with E-state index < -0.39 is 0 Å². The molecule has 7 nitrogen and oxygen atoms in total. The number of benzene rings is 2. The van der Waals surface area contributed by atoms with Crippen LogP contribution < -0.4 is 10.9 Å². The van der Waals surface area contributed by atoms with Crippen LogP contribution in [0.5, 0.6) is 0 Å². The lowest BCUT2D eigenvalue weighted by molar-refractivity contribution is -0.121. The van der Waals surface area contributed by atoms with Crippen LogP contribution >= 0.6 is 0 Å². The molecule has 0 aliphatic rings. The summed E-state index contributed by atoms with van der Waals surface area (Å²) in [4.78, 5) is 28.9. The lowest BCUT2D eigenvalue weighted by Crippen LogP contribution is -2.32. The molecule has 2 heterocycles. The van der Waals surface area contributed by atoms with E-state index in [2.05, 4.69) is 15.4 Å². The van der Waals surface area contributed by atoms with Gasteiger partial charge in [0.15, 0.2) is 0 Å². The van der Waals surface area contributed by atoms with Crippen molar-refractivity contribution in [2.24, 2.45) is 0 Å². The van der Waals surface area contributed by atoms with E-state index in [1.165, 1.54) is 10.9 Å². The van der Waals surface area contributed by atoms with Gasteiger partial charge in [0, 0.05) is 18.9 Å². The number of aromatic nitrogens is 4. The molecule has 0 radical (unpaired) electrons. The average Bonchev–Trinajstić information content (AvgIpc) is 3.23. The Hall–Kier alpha value is -3.74. The Bertz CT molecular complexity index is 1150. The van der Waals surface area contributed by atoms with Crippen molar-refractivity contribution in [3.05, 3.63) is 94.8 Å². The fraction of sp³-hybridized carbons (Fsp3) is 0.143. The minimum absolute atomic E-state index is 0.0615. The zero-order valence-electron chi connectivity index (χ0n) is 15.2. The predicted molar refractivity (Wildman–Crippen MR) is 106 cm³/mol. The number of rotatable bonds is 6. The number of amides is 1. The first-order chi connectivity index (χ1) is 13.7. The number of carbonyl (C=O) groups is 1. The number of hydrogen-bond donors (Lipinski definition) is 1. The van der Waals surface area contributed by atoms with Gasteiger partial charge in [-0.25, -0.2) is 4.98 Å². The minimum atomic E-state index is -0.236. The van der Waals surface area contributed by atoms with Gasteiger partial charge in [-0.1, -0.05) is 36.4 Å². The van der Waals surface area contributed by atoms with Gasteiger partial charge in [-0.2, -0.15) is 5.10 Å². The van der Waals surface area contributed by atoms with E-state index in [0.29, 0.717) is 24.0 Å². The third-order valence-corrected chi connectivity index (χ3v) is 4.46. The molecule has 0 saturated carbocycles. The summed E-state index contributed by atoms with van der Waals surface area (Å²) in [6.07, 6.45) is 5.08. The monoisotopic (exact) mass is 373 g/mol. The molecule has 140 valence electrons. The Balaban J connectivity index is 1.35. The predicted octanol–water partition coefficient (Wildman–Crippen LogP) is 1.96. The number of nitrogens with zero attached hydrogens (tertiary/aromatic N) is 4. The summed E-state index contributed by atoms with van der Waals surface area (Å²) in [5, 5.41) is 7.53.